The molecule has 1 aliphatic carbocycles. The number of carbonyl (C=O) groups excluding carboxylic acids is 2. The molecule has 9 nitrogen and oxygen atoms in total. The highest BCUT2D eigenvalue weighted by Gasteiger charge is 2.84. The first kappa shape index (κ1) is 21.1. The fourth-order valence-electron chi connectivity index (χ4n) is 8.21. The van der Waals surface area contributed by atoms with Crippen LogP contribution >= 0.6 is 0 Å². The summed E-state index contributed by atoms with van der Waals surface area (Å²) in [6.07, 6.45) is 3.76. The molecule has 6 unspecified atom stereocenters. The summed E-state index contributed by atoms with van der Waals surface area (Å²) in [6.45, 7) is 7.71. The van der Waals surface area contributed by atoms with Crippen molar-refractivity contribution in [1.29, 1.82) is 0 Å². The Kier molecular flexibility index (Phi) is 4.14. The van der Waals surface area contributed by atoms with E-state index in [1.165, 1.54) is 0 Å². The van der Waals surface area contributed by atoms with Gasteiger partial charge in [0.2, 0.25) is 11.5 Å². The standard InChI is InChI=1S/C25H32N2O7/c1-5-31-23(29)26(14-6-7-14)11-24-16-8-9-27(24)15-10-17(24)33-25(16)18(15)12(2)20(34-25)21-19(30-4)13(3)22(28)32-21/h12,14-18H,5-11H2,1-4H3/b21-20+/t12-,15?,16?,17?,18+,24?,25?/m0/s1. The van der Waals surface area contributed by atoms with Gasteiger partial charge >= 0.3 is 12.1 Å². The van der Waals surface area contributed by atoms with Crippen molar-refractivity contribution in [3.8, 4) is 0 Å². The number of hydrogen-bond donors (Lipinski definition) is 0. The number of esters is 1. The number of methoxy groups -OCH3 is 1. The summed E-state index contributed by atoms with van der Waals surface area (Å²) in [5, 5.41) is 0. The Balaban J connectivity index is 1.28. The van der Waals surface area contributed by atoms with Crippen LogP contribution in [0.15, 0.2) is 22.9 Å². The van der Waals surface area contributed by atoms with E-state index in [0.29, 0.717) is 42.0 Å². The van der Waals surface area contributed by atoms with Crippen LogP contribution in [0.2, 0.25) is 0 Å². The van der Waals surface area contributed by atoms with Gasteiger partial charge in [-0.05, 0) is 46.1 Å². The summed E-state index contributed by atoms with van der Waals surface area (Å²) in [5.74, 6) is 0.659. The average molecular weight is 473 g/mol. The van der Waals surface area contributed by atoms with E-state index >= 15 is 0 Å². The number of rotatable bonds is 5. The third kappa shape index (κ3) is 2.28. The summed E-state index contributed by atoms with van der Waals surface area (Å²) in [5.41, 5.74) is 0.206. The number of piperidine rings is 1. The zero-order valence-corrected chi connectivity index (χ0v) is 20.2. The van der Waals surface area contributed by atoms with Crippen LogP contribution in [-0.2, 0) is 28.5 Å². The SMILES string of the molecule is CCOC(=O)N(CC12C3CC4[C@H]5[C@H](C)/C(=C6\OC(=O)C(C)=C6OC)OC5(O3)C1CCN42)C1CC1. The maximum Gasteiger partial charge on any atom is 0.410 e. The highest BCUT2D eigenvalue weighted by molar-refractivity contribution is 5.93. The van der Waals surface area contributed by atoms with E-state index in [1.807, 2.05) is 11.8 Å². The zero-order valence-electron chi connectivity index (χ0n) is 20.2. The first-order valence-electron chi connectivity index (χ1n) is 12.7. The summed E-state index contributed by atoms with van der Waals surface area (Å²) in [6, 6.07) is 0.568. The van der Waals surface area contributed by atoms with Gasteiger partial charge in [-0.15, -0.1) is 0 Å². The molecule has 5 saturated heterocycles. The van der Waals surface area contributed by atoms with Gasteiger partial charge in [0, 0.05) is 30.5 Å². The molecule has 1 spiro atoms. The van der Waals surface area contributed by atoms with Gasteiger partial charge in [0.1, 0.15) is 5.76 Å². The van der Waals surface area contributed by atoms with E-state index in [0.717, 1.165) is 32.2 Å². The molecule has 6 aliphatic heterocycles. The summed E-state index contributed by atoms with van der Waals surface area (Å²) in [4.78, 5) is 29.8. The van der Waals surface area contributed by atoms with Gasteiger partial charge in [-0.1, -0.05) is 6.92 Å². The maximum atomic E-state index is 12.9. The van der Waals surface area contributed by atoms with Crippen molar-refractivity contribution < 1.29 is 33.3 Å². The maximum absolute atomic E-state index is 12.9. The summed E-state index contributed by atoms with van der Waals surface area (Å²) < 4.78 is 30.3. The molecule has 0 aromatic heterocycles. The number of hydrogen-bond acceptors (Lipinski definition) is 8. The number of cyclic esters (lactones) is 1. The quantitative estimate of drug-likeness (QED) is 0.565. The van der Waals surface area contributed by atoms with Crippen LogP contribution in [-0.4, -0.2) is 78.2 Å². The van der Waals surface area contributed by atoms with Gasteiger partial charge in [-0.3, -0.25) is 4.90 Å². The van der Waals surface area contributed by atoms with Gasteiger partial charge in [-0.2, -0.15) is 0 Å². The fourth-order valence-corrected chi connectivity index (χ4v) is 8.21. The predicted octanol–water partition coefficient (Wildman–Crippen LogP) is 2.52. The summed E-state index contributed by atoms with van der Waals surface area (Å²) in [7, 11) is 1.55. The number of carbonyl (C=O) groups is 2. The number of nitrogens with zero attached hydrogens (tertiary/aromatic N) is 2. The highest BCUT2D eigenvalue weighted by atomic mass is 16.7. The Hall–Kier alpha value is -2.26. The lowest BCUT2D eigenvalue weighted by atomic mass is 9.70. The molecule has 0 aromatic carbocycles. The third-order valence-electron chi connectivity index (χ3n) is 9.51. The second-order valence-corrected chi connectivity index (χ2v) is 10.9. The van der Waals surface area contributed by atoms with Gasteiger partial charge in [0.05, 0.1) is 36.9 Å². The molecule has 0 radical (unpaired) electrons. The molecule has 0 N–H and O–H groups in total. The Labute approximate surface area is 198 Å². The number of ether oxygens (including phenoxy) is 5. The Morgan fingerprint density at radius 3 is 2.79 bits per heavy atom. The van der Waals surface area contributed by atoms with Gasteiger partial charge < -0.3 is 28.6 Å². The smallest absolute Gasteiger partial charge is 0.410 e. The molecule has 5 bridgehead atoms. The minimum absolute atomic E-state index is 0.0128. The Morgan fingerprint density at radius 2 is 2.09 bits per heavy atom. The first-order chi connectivity index (χ1) is 16.4. The predicted molar refractivity (Wildman–Crippen MR) is 117 cm³/mol. The third-order valence-corrected chi connectivity index (χ3v) is 9.51. The topological polar surface area (TPSA) is 86.8 Å². The van der Waals surface area contributed by atoms with E-state index in [2.05, 4.69) is 11.8 Å². The minimum atomic E-state index is -0.756. The molecule has 6 heterocycles. The zero-order chi connectivity index (χ0) is 23.6. The van der Waals surface area contributed by atoms with Crippen molar-refractivity contribution in [1.82, 2.24) is 9.80 Å². The van der Waals surface area contributed by atoms with Crippen LogP contribution in [0.5, 0.6) is 0 Å². The van der Waals surface area contributed by atoms with Crippen molar-refractivity contribution in [3.05, 3.63) is 22.9 Å². The van der Waals surface area contributed by atoms with Crippen LogP contribution in [0, 0.1) is 17.8 Å². The molecule has 8 atom stereocenters. The largest absolute Gasteiger partial charge is 0.492 e. The Morgan fingerprint density at radius 1 is 1.29 bits per heavy atom. The van der Waals surface area contributed by atoms with Gasteiger partial charge in [0.25, 0.3) is 0 Å². The van der Waals surface area contributed by atoms with E-state index in [1.54, 1.807) is 14.0 Å². The van der Waals surface area contributed by atoms with Crippen molar-refractivity contribution in [2.75, 3.05) is 26.8 Å². The monoisotopic (exact) mass is 472 g/mol. The molecular weight excluding hydrogens is 440 g/mol. The lowest BCUT2D eigenvalue weighted by molar-refractivity contribution is -0.256. The molecule has 1 amide bonds. The minimum Gasteiger partial charge on any atom is -0.492 e. The van der Waals surface area contributed by atoms with Crippen LogP contribution in [0.3, 0.4) is 0 Å². The van der Waals surface area contributed by atoms with Crippen molar-refractivity contribution in [3.63, 3.8) is 0 Å². The lowest BCUT2D eigenvalue weighted by Crippen LogP contribution is -2.65. The molecule has 0 aromatic rings. The molecule has 34 heavy (non-hydrogen) atoms. The molecule has 6 fully saturated rings. The second kappa shape index (κ2) is 6.69. The van der Waals surface area contributed by atoms with Crippen molar-refractivity contribution in [2.45, 2.75) is 76.0 Å². The number of allylic oxidation sites excluding steroid dienone is 1. The molecule has 184 valence electrons. The first-order valence-corrected chi connectivity index (χ1v) is 12.7. The lowest BCUT2D eigenvalue weighted by Gasteiger charge is -2.49. The second-order valence-electron chi connectivity index (χ2n) is 10.9. The highest BCUT2D eigenvalue weighted by Crippen LogP contribution is 2.72. The molecule has 9 heteroatoms. The van der Waals surface area contributed by atoms with Crippen LogP contribution in [0.25, 0.3) is 0 Å². The molecule has 1 saturated carbocycles. The molecule has 7 aliphatic rings. The summed E-state index contributed by atoms with van der Waals surface area (Å²) >= 11 is 0. The van der Waals surface area contributed by atoms with Crippen molar-refractivity contribution in [2.24, 2.45) is 17.8 Å². The number of amides is 1. The molecule has 7 rings (SSSR count). The average Bonchev–Trinajstić information content (AvgIpc) is 3.29. The normalized spacial score (nSPS) is 47.2. The van der Waals surface area contributed by atoms with Crippen LogP contribution in [0.4, 0.5) is 4.79 Å². The number of fused-ring (bicyclic) bond motifs is 1. The van der Waals surface area contributed by atoms with Gasteiger partial charge in [-0.25, -0.2) is 9.59 Å². The fraction of sp³-hybridized carbons (Fsp3) is 0.760. The van der Waals surface area contributed by atoms with E-state index < -0.39 is 11.8 Å². The van der Waals surface area contributed by atoms with Crippen LogP contribution in [0.1, 0.15) is 46.5 Å². The Bertz CT molecular complexity index is 1050. The van der Waals surface area contributed by atoms with Crippen LogP contribution < -0.4 is 0 Å². The van der Waals surface area contributed by atoms with Gasteiger partial charge in [0.15, 0.2) is 5.76 Å². The van der Waals surface area contributed by atoms with E-state index in [-0.39, 0.29) is 41.5 Å². The van der Waals surface area contributed by atoms with Crippen molar-refractivity contribution >= 4 is 12.1 Å². The van der Waals surface area contributed by atoms with E-state index in [4.69, 9.17) is 23.7 Å². The van der Waals surface area contributed by atoms with E-state index in [9.17, 15) is 9.59 Å². The molecular formula is C25H32N2O7.